The summed E-state index contributed by atoms with van der Waals surface area (Å²) < 4.78 is 39.0. The molecule has 0 aliphatic heterocycles. The summed E-state index contributed by atoms with van der Waals surface area (Å²) in [6.07, 6.45) is 1.26. The van der Waals surface area contributed by atoms with Crippen LogP contribution in [0.2, 0.25) is 0 Å². The van der Waals surface area contributed by atoms with Crippen molar-refractivity contribution in [2.24, 2.45) is 0 Å². The first-order valence-electron chi connectivity index (χ1n) is 12.6. The third-order valence-electron chi connectivity index (χ3n) is 5.81. The molecule has 0 spiro atoms. The lowest BCUT2D eigenvalue weighted by Crippen LogP contribution is -2.16. The highest BCUT2D eigenvalue weighted by molar-refractivity contribution is 6.08. The summed E-state index contributed by atoms with van der Waals surface area (Å²) in [5.74, 6) is -1.26. The molecule has 214 valence electrons. The zero-order valence-corrected chi connectivity index (χ0v) is 22.4. The van der Waals surface area contributed by atoms with E-state index in [1.165, 1.54) is 30.6 Å². The van der Waals surface area contributed by atoms with Crippen LogP contribution in [0.15, 0.2) is 91.3 Å². The Morgan fingerprint density at radius 3 is 2.14 bits per heavy atom. The van der Waals surface area contributed by atoms with Gasteiger partial charge in [-0.15, -0.1) is 0 Å². The maximum atomic E-state index is 13.0. The molecule has 1 aromatic heterocycles. The molecule has 1 heterocycles. The number of carbonyl (C=O) groups is 3. The van der Waals surface area contributed by atoms with E-state index in [9.17, 15) is 27.6 Å². The van der Waals surface area contributed by atoms with Gasteiger partial charge in [-0.3, -0.25) is 14.4 Å². The number of rotatable bonds is 8. The number of amides is 3. The minimum Gasteiger partial charge on any atom is -0.324 e. The number of aryl methyl sites for hydroxylation is 1. The van der Waals surface area contributed by atoms with Gasteiger partial charge in [-0.2, -0.15) is 13.2 Å². The lowest BCUT2D eigenvalue weighted by molar-refractivity contribution is -0.137. The van der Waals surface area contributed by atoms with E-state index in [0.717, 1.165) is 18.2 Å². The van der Waals surface area contributed by atoms with Crippen LogP contribution in [0.4, 0.5) is 41.9 Å². The molecule has 0 fully saturated rings. The van der Waals surface area contributed by atoms with Gasteiger partial charge in [0, 0.05) is 28.2 Å². The lowest BCUT2D eigenvalue weighted by atomic mass is 10.1. The molecule has 0 aliphatic rings. The van der Waals surface area contributed by atoms with Crippen LogP contribution in [-0.4, -0.2) is 27.7 Å². The van der Waals surface area contributed by atoms with E-state index in [4.69, 9.17) is 0 Å². The van der Waals surface area contributed by atoms with Gasteiger partial charge in [-0.1, -0.05) is 24.3 Å². The molecule has 4 rings (SSSR count). The Bertz CT molecular complexity index is 1650. The van der Waals surface area contributed by atoms with Crippen LogP contribution >= 0.6 is 0 Å². The summed E-state index contributed by atoms with van der Waals surface area (Å²) in [5, 5.41) is 11.0. The van der Waals surface area contributed by atoms with Crippen LogP contribution in [0.3, 0.4) is 0 Å². The summed E-state index contributed by atoms with van der Waals surface area (Å²) in [6, 6.07) is 15.6. The van der Waals surface area contributed by atoms with E-state index in [2.05, 4.69) is 31.2 Å². The van der Waals surface area contributed by atoms with Crippen LogP contribution < -0.4 is 21.3 Å². The Hall–Kier alpha value is -5.52. The van der Waals surface area contributed by atoms with Crippen molar-refractivity contribution in [1.29, 1.82) is 0 Å². The molecule has 0 aliphatic carbocycles. The molecule has 4 aromatic rings. The van der Waals surface area contributed by atoms with E-state index in [0.29, 0.717) is 22.6 Å². The predicted octanol–water partition coefficient (Wildman–Crippen LogP) is 6.57. The van der Waals surface area contributed by atoms with Crippen molar-refractivity contribution in [2.75, 3.05) is 21.3 Å². The Morgan fingerprint density at radius 1 is 0.762 bits per heavy atom. The van der Waals surface area contributed by atoms with Gasteiger partial charge in [0.15, 0.2) is 0 Å². The van der Waals surface area contributed by atoms with E-state index >= 15 is 0 Å². The van der Waals surface area contributed by atoms with Crippen molar-refractivity contribution in [3.8, 4) is 0 Å². The lowest BCUT2D eigenvalue weighted by Gasteiger charge is -2.12. The fourth-order valence-corrected chi connectivity index (χ4v) is 3.78. The first-order chi connectivity index (χ1) is 20.0. The van der Waals surface area contributed by atoms with Crippen LogP contribution in [0.25, 0.3) is 0 Å². The number of aromatic nitrogens is 2. The largest absolute Gasteiger partial charge is 0.416 e. The number of nitrogens with one attached hydrogen (secondary N) is 4. The summed E-state index contributed by atoms with van der Waals surface area (Å²) in [7, 11) is 0. The second-order valence-corrected chi connectivity index (χ2v) is 9.01. The highest BCUT2D eigenvalue weighted by Crippen LogP contribution is 2.30. The van der Waals surface area contributed by atoms with Gasteiger partial charge in [0.2, 0.25) is 11.9 Å². The molecular formula is C30H25F3N6O3. The summed E-state index contributed by atoms with van der Waals surface area (Å²) in [6.45, 7) is 3.44. The quantitative estimate of drug-likeness (QED) is 0.177. The third kappa shape index (κ3) is 7.78. The molecule has 3 amide bonds. The maximum Gasteiger partial charge on any atom is 0.416 e. The zero-order chi connectivity index (χ0) is 30.3. The molecule has 42 heavy (non-hydrogen) atoms. The Kier molecular flexibility index (Phi) is 8.96. The summed E-state index contributed by atoms with van der Waals surface area (Å²) in [5.41, 5.74) is 1.46. The minimum atomic E-state index is -4.58. The normalized spacial score (nSPS) is 11.2. The standard InChI is InChI=1S/C30H25F3N6O3/c1-3-6-26(40)36-21-9-5-10-22(14-21)39-29-34-16-24(17-35-29)38-28(42)25-15-23(12-11-18(25)2)37-27(41)19-7-4-8-20(13-19)30(31,32)33/h3-17H,1-2H3,(H,36,40)(H,37,41)(H,38,42)(H,34,35,39)/b6-3+. The molecule has 4 N–H and O–H groups in total. The SMILES string of the molecule is C/C=C/C(=O)Nc1cccc(Nc2ncc(NC(=O)c3cc(NC(=O)c4cccc(C(F)(F)F)c4)ccc3C)cn2)c1. The van der Waals surface area contributed by atoms with Gasteiger partial charge in [0.1, 0.15) is 0 Å². The molecular weight excluding hydrogens is 549 g/mol. The van der Waals surface area contributed by atoms with Crippen molar-refractivity contribution < 1.29 is 27.6 Å². The van der Waals surface area contributed by atoms with E-state index in [-0.39, 0.29) is 28.7 Å². The van der Waals surface area contributed by atoms with Crippen molar-refractivity contribution in [2.45, 2.75) is 20.0 Å². The summed E-state index contributed by atoms with van der Waals surface area (Å²) >= 11 is 0. The first kappa shape index (κ1) is 29.5. The number of halogens is 3. The van der Waals surface area contributed by atoms with Gasteiger partial charge in [-0.05, 0) is 74.0 Å². The number of allylic oxidation sites excluding steroid dienone is 1. The molecule has 12 heteroatoms. The molecule has 0 saturated carbocycles. The fraction of sp³-hybridized carbons (Fsp3) is 0.100. The van der Waals surface area contributed by atoms with E-state index in [1.807, 2.05) is 0 Å². The number of benzene rings is 3. The second kappa shape index (κ2) is 12.8. The number of anilines is 5. The molecule has 0 unspecified atom stereocenters. The van der Waals surface area contributed by atoms with Crippen molar-refractivity contribution >= 4 is 46.4 Å². The number of alkyl halides is 3. The van der Waals surface area contributed by atoms with E-state index < -0.39 is 23.6 Å². The van der Waals surface area contributed by atoms with E-state index in [1.54, 1.807) is 56.3 Å². The number of hydrogen-bond donors (Lipinski definition) is 4. The number of hydrogen-bond acceptors (Lipinski definition) is 6. The molecule has 0 bridgehead atoms. The first-order valence-corrected chi connectivity index (χ1v) is 12.6. The van der Waals surface area contributed by atoms with Gasteiger partial charge in [0.05, 0.1) is 23.6 Å². The Morgan fingerprint density at radius 2 is 1.43 bits per heavy atom. The fourth-order valence-electron chi connectivity index (χ4n) is 3.78. The maximum absolute atomic E-state index is 13.0. The molecule has 0 saturated heterocycles. The third-order valence-corrected chi connectivity index (χ3v) is 5.81. The average Bonchev–Trinajstić information content (AvgIpc) is 2.95. The second-order valence-electron chi connectivity index (χ2n) is 9.01. The van der Waals surface area contributed by atoms with Gasteiger partial charge < -0.3 is 21.3 Å². The van der Waals surface area contributed by atoms with Gasteiger partial charge in [-0.25, -0.2) is 9.97 Å². The van der Waals surface area contributed by atoms with Gasteiger partial charge in [0.25, 0.3) is 11.8 Å². The van der Waals surface area contributed by atoms with Crippen LogP contribution in [-0.2, 0) is 11.0 Å². The molecule has 9 nitrogen and oxygen atoms in total. The Balaban J connectivity index is 1.41. The smallest absolute Gasteiger partial charge is 0.324 e. The zero-order valence-electron chi connectivity index (χ0n) is 22.4. The van der Waals surface area contributed by atoms with Crippen LogP contribution in [0, 0.1) is 6.92 Å². The number of nitrogens with zero attached hydrogens (tertiary/aromatic N) is 2. The topological polar surface area (TPSA) is 125 Å². The Labute approximate surface area is 238 Å². The minimum absolute atomic E-state index is 0.174. The van der Waals surface area contributed by atoms with Crippen molar-refractivity contribution in [3.05, 3.63) is 114 Å². The highest BCUT2D eigenvalue weighted by atomic mass is 19.4. The monoisotopic (exact) mass is 574 g/mol. The molecule has 0 radical (unpaired) electrons. The average molecular weight is 575 g/mol. The van der Waals surface area contributed by atoms with Crippen LogP contribution in [0.1, 0.15) is 38.8 Å². The van der Waals surface area contributed by atoms with Gasteiger partial charge >= 0.3 is 6.18 Å². The summed E-state index contributed by atoms with van der Waals surface area (Å²) in [4.78, 5) is 45.7. The van der Waals surface area contributed by atoms with Crippen LogP contribution in [0.5, 0.6) is 0 Å². The molecule has 3 aromatic carbocycles. The molecule has 0 atom stereocenters. The van der Waals surface area contributed by atoms with Crippen molar-refractivity contribution in [3.63, 3.8) is 0 Å². The number of carbonyl (C=O) groups excluding carboxylic acids is 3. The highest BCUT2D eigenvalue weighted by Gasteiger charge is 2.31. The van der Waals surface area contributed by atoms with Crippen molar-refractivity contribution in [1.82, 2.24) is 9.97 Å². The predicted molar refractivity (Wildman–Crippen MR) is 154 cm³/mol.